The summed E-state index contributed by atoms with van der Waals surface area (Å²) in [5.74, 6) is -3.65. The number of hydrogen-bond acceptors (Lipinski definition) is 4. The lowest BCUT2D eigenvalue weighted by Crippen LogP contribution is -2.21. The van der Waals surface area contributed by atoms with Gasteiger partial charge in [-0.05, 0) is 30.3 Å². The van der Waals surface area contributed by atoms with Crippen LogP contribution in [-0.2, 0) is 9.53 Å². The predicted molar refractivity (Wildman–Crippen MR) is 81.1 cm³/mol. The summed E-state index contributed by atoms with van der Waals surface area (Å²) in [6.45, 7) is -0.611. The Kier molecular flexibility index (Phi) is 5.13. The van der Waals surface area contributed by atoms with E-state index in [1.165, 1.54) is 24.3 Å². The van der Waals surface area contributed by atoms with Gasteiger partial charge >= 0.3 is 5.97 Å². The molecule has 0 saturated heterocycles. The number of benzene rings is 2. The third kappa shape index (κ3) is 4.40. The summed E-state index contributed by atoms with van der Waals surface area (Å²) in [6, 6.07) is 7.05. The van der Waals surface area contributed by atoms with E-state index in [2.05, 4.69) is 5.32 Å². The number of carbonyl (C=O) groups excluding carboxylic acids is 2. The third-order valence-corrected chi connectivity index (χ3v) is 3.01. The first-order chi connectivity index (χ1) is 10.9. The zero-order valence-corrected chi connectivity index (χ0v) is 12.4. The largest absolute Gasteiger partial charge is 0.452 e. The van der Waals surface area contributed by atoms with Gasteiger partial charge in [0, 0.05) is 22.5 Å². The topological polar surface area (TPSA) is 81.4 Å². The monoisotopic (exact) mass is 340 g/mol. The second-order valence-electron chi connectivity index (χ2n) is 4.48. The molecular formula is C15H11ClF2N2O3. The highest BCUT2D eigenvalue weighted by atomic mass is 35.5. The van der Waals surface area contributed by atoms with Crippen molar-refractivity contribution in [1.29, 1.82) is 0 Å². The van der Waals surface area contributed by atoms with Crippen LogP contribution in [0.4, 0.5) is 20.2 Å². The number of rotatable bonds is 4. The van der Waals surface area contributed by atoms with E-state index in [0.717, 1.165) is 12.1 Å². The Bertz CT molecular complexity index is 768. The van der Waals surface area contributed by atoms with Crippen molar-refractivity contribution >= 4 is 34.9 Å². The summed E-state index contributed by atoms with van der Waals surface area (Å²) in [7, 11) is 0. The lowest BCUT2D eigenvalue weighted by atomic mass is 10.2. The van der Waals surface area contributed by atoms with Crippen LogP contribution in [-0.4, -0.2) is 18.5 Å². The van der Waals surface area contributed by atoms with Crippen LogP contribution in [0, 0.1) is 11.6 Å². The Morgan fingerprint density at radius 3 is 2.52 bits per heavy atom. The number of nitrogen functional groups attached to an aromatic ring is 1. The zero-order chi connectivity index (χ0) is 17.0. The molecule has 0 heterocycles. The fraction of sp³-hybridized carbons (Fsp3) is 0.0667. The van der Waals surface area contributed by atoms with Gasteiger partial charge in [-0.3, -0.25) is 4.79 Å². The van der Waals surface area contributed by atoms with Crippen LogP contribution >= 0.6 is 11.6 Å². The maximum atomic E-state index is 13.0. The minimum Gasteiger partial charge on any atom is -0.452 e. The lowest BCUT2D eigenvalue weighted by Gasteiger charge is -2.08. The molecule has 1 amide bonds. The standard InChI is InChI=1S/C15H11ClF2N2O3/c16-8-1-3-10(13(19)5-8)15(22)23-7-14(21)20-9-2-4-11(17)12(18)6-9/h1-6H,7,19H2,(H,20,21). The van der Waals surface area contributed by atoms with Crippen LogP contribution in [0.5, 0.6) is 0 Å². The molecule has 0 atom stereocenters. The molecule has 0 aliphatic rings. The molecule has 5 nitrogen and oxygen atoms in total. The Hall–Kier alpha value is -2.67. The van der Waals surface area contributed by atoms with Gasteiger partial charge in [-0.15, -0.1) is 0 Å². The van der Waals surface area contributed by atoms with Crippen LogP contribution in [0.1, 0.15) is 10.4 Å². The summed E-state index contributed by atoms with van der Waals surface area (Å²) in [5.41, 5.74) is 5.84. The van der Waals surface area contributed by atoms with E-state index in [-0.39, 0.29) is 16.9 Å². The summed E-state index contributed by atoms with van der Waals surface area (Å²) in [5, 5.41) is 2.62. The number of halogens is 3. The molecule has 0 unspecified atom stereocenters. The summed E-state index contributed by atoms with van der Waals surface area (Å²) >= 11 is 5.71. The van der Waals surface area contributed by atoms with Crippen LogP contribution in [0.15, 0.2) is 36.4 Å². The second-order valence-corrected chi connectivity index (χ2v) is 4.92. The highest BCUT2D eigenvalue weighted by Gasteiger charge is 2.14. The number of nitrogens with two attached hydrogens (primary N) is 1. The smallest absolute Gasteiger partial charge is 0.340 e. The fourth-order valence-corrected chi connectivity index (χ4v) is 1.88. The van der Waals surface area contributed by atoms with Gasteiger partial charge in [-0.2, -0.15) is 0 Å². The van der Waals surface area contributed by atoms with Crippen molar-refractivity contribution in [3.8, 4) is 0 Å². The summed E-state index contributed by atoms with van der Waals surface area (Å²) in [6.07, 6.45) is 0. The Morgan fingerprint density at radius 2 is 1.87 bits per heavy atom. The Balaban J connectivity index is 1.93. The predicted octanol–water partition coefficient (Wildman–Crippen LogP) is 3.00. The number of nitrogens with one attached hydrogen (secondary N) is 1. The maximum Gasteiger partial charge on any atom is 0.340 e. The molecule has 0 radical (unpaired) electrons. The molecule has 120 valence electrons. The van der Waals surface area contributed by atoms with Gasteiger partial charge in [0.15, 0.2) is 18.2 Å². The van der Waals surface area contributed by atoms with Crippen molar-refractivity contribution in [2.24, 2.45) is 0 Å². The van der Waals surface area contributed by atoms with Crippen molar-refractivity contribution in [2.75, 3.05) is 17.7 Å². The minimum absolute atomic E-state index is 0.0379. The third-order valence-electron chi connectivity index (χ3n) is 2.77. The molecule has 2 aromatic rings. The van der Waals surface area contributed by atoms with E-state index >= 15 is 0 Å². The average molecular weight is 341 g/mol. The summed E-state index contributed by atoms with van der Waals surface area (Å²) < 4.78 is 30.6. The lowest BCUT2D eigenvalue weighted by molar-refractivity contribution is -0.119. The van der Waals surface area contributed by atoms with Gasteiger partial charge in [0.2, 0.25) is 0 Å². The molecule has 2 rings (SSSR count). The zero-order valence-electron chi connectivity index (χ0n) is 11.6. The van der Waals surface area contributed by atoms with Crippen molar-refractivity contribution in [1.82, 2.24) is 0 Å². The number of anilines is 2. The van der Waals surface area contributed by atoms with Gasteiger partial charge in [-0.25, -0.2) is 13.6 Å². The molecule has 0 aromatic heterocycles. The molecule has 0 saturated carbocycles. The van der Waals surface area contributed by atoms with E-state index in [9.17, 15) is 18.4 Å². The average Bonchev–Trinajstić information content (AvgIpc) is 2.48. The molecule has 8 heteroatoms. The molecule has 0 aliphatic carbocycles. The van der Waals surface area contributed by atoms with Gasteiger partial charge in [0.25, 0.3) is 5.91 Å². The van der Waals surface area contributed by atoms with E-state index in [1.54, 1.807) is 0 Å². The van der Waals surface area contributed by atoms with Crippen LogP contribution in [0.3, 0.4) is 0 Å². The van der Waals surface area contributed by atoms with Crippen LogP contribution < -0.4 is 11.1 Å². The normalized spacial score (nSPS) is 10.2. The van der Waals surface area contributed by atoms with E-state index < -0.39 is 30.1 Å². The molecule has 23 heavy (non-hydrogen) atoms. The van der Waals surface area contributed by atoms with Gasteiger partial charge in [-0.1, -0.05) is 11.6 Å². The first-order valence-electron chi connectivity index (χ1n) is 6.34. The number of esters is 1. The van der Waals surface area contributed by atoms with Gasteiger partial charge in [0.05, 0.1) is 5.56 Å². The number of carbonyl (C=O) groups is 2. The maximum absolute atomic E-state index is 13.0. The SMILES string of the molecule is Nc1cc(Cl)ccc1C(=O)OCC(=O)Nc1ccc(F)c(F)c1. The van der Waals surface area contributed by atoms with Crippen molar-refractivity contribution in [2.45, 2.75) is 0 Å². The van der Waals surface area contributed by atoms with E-state index in [4.69, 9.17) is 22.1 Å². The quantitative estimate of drug-likeness (QED) is 0.662. The van der Waals surface area contributed by atoms with Crippen molar-refractivity contribution < 1.29 is 23.1 Å². The second kappa shape index (κ2) is 7.06. The number of ether oxygens (including phenoxy) is 1. The minimum atomic E-state index is -1.10. The first kappa shape index (κ1) is 16.7. The van der Waals surface area contributed by atoms with Crippen LogP contribution in [0.25, 0.3) is 0 Å². The van der Waals surface area contributed by atoms with E-state index in [1.807, 2.05) is 0 Å². The van der Waals surface area contributed by atoms with Crippen molar-refractivity contribution in [3.05, 3.63) is 58.6 Å². The fourth-order valence-electron chi connectivity index (χ4n) is 1.70. The summed E-state index contributed by atoms with van der Waals surface area (Å²) in [4.78, 5) is 23.4. The van der Waals surface area contributed by atoms with Gasteiger partial charge in [0.1, 0.15) is 0 Å². The Labute approximate surface area is 135 Å². The molecule has 0 bridgehead atoms. The molecule has 0 fully saturated rings. The van der Waals surface area contributed by atoms with Crippen LogP contribution in [0.2, 0.25) is 5.02 Å². The first-order valence-corrected chi connectivity index (χ1v) is 6.71. The highest BCUT2D eigenvalue weighted by Crippen LogP contribution is 2.19. The molecular weight excluding hydrogens is 330 g/mol. The molecule has 2 aromatic carbocycles. The van der Waals surface area contributed by atoms with E-state index in [0.29, 0.717) is 5.02 Å². The molecule has 0 spiro atoms. The number of amides is 1. The van der Waals surface area contributed by atoms with Crippen molar-refractivity contribution in [3.63, 3.8) is 0 Å². The molecule has 3 N–H and O–H groups in total. The van der Waals surface area contributed by atoms with Gasteiger partial charge < -0.3 is 15.8 Å². The Morgan fingerprint density at radius 1 is 1.13 bits per heavy atom. The number of hydrogen-bond donors (Lipinski definition) is 2. The molecule has 0 aliphatic heterocycles. The highest BCUT2D eigenvalue weighted by molar-refractivity contribution is 6.31.